The van der Waals surface area contributed by atoms with Gasteiger partial charge in [0.25, 0.3) is 0 Å². The van der Waals surface area contributed by atoms with Crippen LogP contribution in [-0.2, 0) is 4.74 Å². The second kappa shape index (κ2) is 8.94. The molecule has 3 aliphatic rings. The molecule has 0 unspecified atom stereocenters. The summed E-state index contributed by atoms with van der Waals surface area (Å²) in [6.07, 6.45) is 8.40. The van der Waals surface area contributed by atoms with Gasteiger partial charge in [-0.2, -0.15) is 5.26 Å². The van der Waals surface area contributed by atoms with Gasteiger partial charge in [0.2, 0.25) is 0 Å². The highest BCUT2D eigenvalue weighted by molar-refractivity contribution is 5.73. The fourth-order valence-electron chi connectivity index (χ4n) is 5.57. The summed E-state index contributed by atoms with van der Waals surface area (Å²) in [7, 11) is 0. The van der Waals surface area contributed by atoms with E-state index >= 15 is 0 Å². The third-order valence-electron chi connectivity index (χ3n) is 7.21. The lowest BCUT2D eigenvalue weighted by Gasteiger charge is -2.48. The summed E-state index contributed by atoms with van der Waals surface area (Å²) in [5.74, 6) is 0.807. The predicted octanol–water partition coefficient (Wildman–Crippen LogP) is 2.54. The second-order valence-electron chi connectivity index (χ2n) is 9.24. The Morgan fingerprint density at radius 2 is 2.06 bits per heavy atom. The highest BCUT2D eigenvalue weighted by Crippen LogP contribution is 2.47. The molecule has 9 nitrogen and oxygen atoms in total. The standard InChI is InChI=1S/C24H29N7O2/c1-2-33-23(32)31-16-24(17-31)6-5-19(13-24)29-9-11-30(12-10-29)22-20(4-3-18(14-25)28-22)21-15-26-7-8-27-21/h3-4,7-8,15,19H,2,5-6,9-13,16-17H2,1H3/t19-/m1/s1. The Hall–Kier alpha value is -3.25. The largest absolute Gasteiger partial charge is 0.450 e. The number of nitriles is 1. The van der Waals surface area contributed by atoms with Crippen LogP contribution in [0.3, 0.4) is 0 Å². The van der Waals surface area contributed by atoms with E-state index in [0.29, 0.717) is 18.3 Å². The van der Waals surface area contributed by atoms with E-state index in [1.54, 1.807) is 24.7 Å². The van der Waals surface area contributed by atoms with Gasteiger partial charge in [-0.3, -0.25) is 14.9 Å². The van der Waals surface area contributed by atoms with Crippen LogP contribution in [0.25, 0.3) is 11.3 Å². The molecule has 1 aliphatic carbocycles. The smallest absolute Gasteiger partial charge is 0.409 e. The molecule has 1 saturated carbocycles. The fourth-order valence-corrected chi connectivity index (χ4v) is 5.57. The number of rotatable bonds is 4. The molecule has 1 spiro atoms. The predicted molar refractivity (Wildman–Crippen MR) is 122 cm³/mol. The first-order valence-corrected chi connectivity index (χ1v) is 11.7. The second-order valence-corrected chi connectivity index (χ2v) is 9.24. The highest BCUT2D eigenvalue weighted by Gasteiger charge is 2.51. The maximum Gasteiger partial charge on any atom is 0.409 e. The van der Waals surface area contributed by atoms with Crippen molar-refractivity contribution in [1.29, 1.82) is 5.26 Å². The Kier molecular flexibility index (Phi) is 5.85. The molecule has 2 aliphatic heterocycles. The normalized spacial score (nSPS) is 22.1. The molecule has 0 N–H and O–H groups in total. The lowest BCUT2D eigenvalue weighted by Crippen LogP contribution is -2.58. The zero-order valence-electron chi connectivity index (χ0n) is 19.0. The van der Waals surface area contributed by atoms with Crippen LogP contribution >= 0.6 is 0 Å². The Morgan fingerprint density at radius 1 is 1.24 bits per heavy atom. The van der Waals surface area contributed by atoms with Gasteiger partial charge in [-0.25, -0.2) is 9.78 Å². The van der Waals surface area contributed by atoms with E-state index < -0.39 is 0 Å². The van der Waals surface area contributed by atoms with Crippen LogP contribution in [0.5, 0.6) is 0 Å². The van der Waals surface area contributed by atoms with Crippen LogP contribution in [-0.4, -0.2) is 82.8 Å². The Balaban J connectivity index is 1.22. The molecule has 9 heteroatoms. The van der Waals surface area contributed by atoms with E-state index in [0.717, 1.165) is 62.8 Å². The van der Waals surface area contributed by atoms with E-state index in [9.17, 15) is 10.1 Å². The quantitative estimate of drug-likeness (QED) is 0.705. The third-order valence-corrected chi connectivity index (χ3v) is 7.21. The summed E-state index contributed by atoms with van der Waals surface area (Å²) >= 11 is 0. The summed E-state index contributed by atoms with van der Waals surface area (Å²) < 4.78 is 5.14. The number of likely N-dealkylation sites (tertiary alicyclic amines) is 1. The molecule has 4 heterocycles. The first-order valence-electron chi connectivity index (χ1n) is 11.7. The Morgan fingerprint density at radius 3 is 2.76 bits per heavy atom. The van der Waals surface area contributed by atoms with Crippen LogP contribution in [0.15, 0.2) is 30.7 Å². The number of piperazine rings is 1. The number of ether oxygens (including phenoxy) is 1. The summed E-state index contributed by atoms with van der Waals surface area (Å²) in [6, 6.07) is 6.38. The average molecular weight is 448 g/mol. The minimum absolute atomic E-state index is 0.175. The summed E-state index contributed by atoms with van der Waals surface area (Å²) in [4.78, 5) is 31.9. The summed E-state index contributed by atoms with van der Waals surface area (Å²) in [6.45, 7) is 7.56. The van der Waals surface area contributed by atoms with Gasteiger partial charge in [-0.1, -0.05) is 0 Å². The molecule has 2 aromatic heterocycles. The number of hydrogen-bond acceptors (Lipinski definition) is 8. The monoisotopic (exact) mass is 447 g/mol. The molecule has 5 rings (SSSR count). The molecular weight excluding hydrogens is 418 g/mol. The van der Waals surface area contributed by atoms with E-state index in [1.165, 1.54) is 12.8 Å². The number of amides is 1. The SMILES string of the molecule is CCOC(=O)N1CC2(CC[C@@H](N3CCN(c4nc(C#N)ccc4-c4cnccn4)CC3)C2)C1. The third kappa shape index (κ3) is 4.23. The van der Waals surface area contributed by atoms with Crippen molar-refractivity contribution in [1.82, 2.24) is 24.8 Å². The van der Waals surface area contributed by atoms with Crippen molar-refractivity contribution < 1.29 is 9.53 Å². The molecule has 3 fully saturated rings. The van der Waals surface area contributed by atoms with Crippen molar-refractivity contribution >= 4 is 11.9 Å². The van der Waals surface area contributed by atoms with Gasteiger partial charge in [0.05, 0.1) is 18.5 Å². The highest BCUT2D eigenvalue weighted by atomic mass is 16.6. The van der Waals surface area contributed by atoms with Crippen molar-refractivity contribution in [2.45, 2.75) is 32.2 Å². The molecular formula is C24H29N7O2. The number of hydrogen-bond donors (Lipinski definition) is 0. The molecule has 1 amide bonds. The van der Waals surface area contributed by atoms with Gasteiger partial charge in [0.1, 0.15) is 17.6 Å². The van der Waals surface area contributed by atoms with Gasteiger partial charge in [0, 0.05) is 68.7 Å². The average Bonchev–Trinajstić information content (AvgIpc) is 3.30. The van der Waals surface area contributed by atoms with Crippen molar-refractivity contribution in [3.63, 3.8) is 0 Å². The molecule has 1 atom stereocenters. The number of carbonyl (C=O) groups is 1. The minimum Gasteiger partial charge on any atom is -0.450 e. The minimum atomic E-state index is -0.175. The number of aromatic nitrogens is 3. The molecule has 0 aromatic carbocycles. The molecule has 0 radical (unpaired) electrons. The fraction of sp³-hybridized carbons (Fsp3) is 0.542. The topological polar surface area (TPSA) is 98.5 Å². The van der Waals surface area contributed by atoms with Gasteiger partial charge in [-0.15, -0.1) is 0 Å². The first-order chi connectivity index (χ1) is 16.1. The Labute approximate surface area is 194 Å². The van der Waals surface area contributed by atoms with Gasteiger partial charge >= 0.3 is 6.09 Å². The number of carbonyl (C=O) groups excluding carboxylic acids is 1. The van der Waals surface area contributed by atoms with Crippen molar-refractivity contribution in [3.05, 3.63) is 36.4 Å². The summed E-state index contributed by atoms with van der Waals surface area (Å²) in [5.41, 5.74) is 2.36. The zero-order chi connectivity index (χ0) is 22.8. The van der Waals surface area contributed by atoms with Crippen LogP contribution in [0.2, 0.25) is 0 Å². The number of nitrogens with zero attached hydrogens (tertiary/aromatic N) is 7. The van der Waals surface area contributed by atoms with Crippen LogP contribution < -0.4 is 4.90 Å². The zero-order valence-corrected chi connectivity index (χ0v) is 19.0. The lowest BCUT2D eigenvalue weighted by molar-refractivity contribution is -0.00294. The van der Waals surface area contributed by atoms with Crippen molar-refractivity contribution in [2.75, 3.05) is 50.8 Å². The van der Waals surface area contributed by atoms with Crippen LogP contribution in [0, 0.1) is 16.7 Å². The molecule has 2 aromatic rings. The van der Waals surface area contributed by atoms with Crippen LogP contribution in [0.4, 0.5) is 10.6 Å². The first kappa shape index (κ1) is 21.6. The maximum absolute atomic E-state index is 11.9. The van der Waals surface area contributed by atoms with Crippen LogP contribution in [0.1, 0.15) is 31.9 Å². The number of anilines is 1. The van der Waals surface area contributed by atoms with E-state index in [1.807, 2.05) is 17.9 Å². The Bertz CT molecular complexity index is 1040. The van der Waals surface area contributed by atoms with E-state index in [2.05, 4.69) is 30.8 Å². The number of pyridine rings is 1. The van der Waals surface area contributed by atoms with Gasteiger partial charge in [-0.05, 0) is 38.3 Å². The van der Waals surface area contributed by atoms with E-state index in [-0.39, 0.29) is 11.5 Å². The molecule has 0 bridgehead atoms. The van der Waals surface area contributed by atoms with Crippen molar-refractivity contribution in [2.24, 2.45) is 5.41 Å². The van der Waals surface area contributed by atoms with Gasteiger partial charge in [0.15, 0.2) is 0 Å². The van der Waals surface area contributed by atoms with Gasteiger partial charge < -0.3 is 14.5 Å². The molecule has 172 valence electrons. The lowest BCUT2D eigenvalue weighted by atomic mass is 9.78. The summed E-state index contributed by atoms with van der Waals surface area (Å²) in [5, 5.41) is 9.37. The maximum atomic E-state index is 11.9. The molecule has 2 saturated heterocycles. The molecule has 33 heavy (non-hydrogen) atoms. The van der Waals surface area contributed by atoms with Crippen molar-refractivity contribution in [3.8, 4) is 17.3 Å². The van der Waals surface area contributed by atoms with E-state index in [4.69, 9.17) is 4.74 Å².